The van der Waals surface area contributed by atoms with Crippen LogP contribution >= 0.6 is 0 Å². The fourth-order valence-electron chi connectivity index (χ4n) is 9.19. The Morgan fingerprint density at radius 1 is 1.12 bits per heavy atom. The molecule has 10 heteroatoms. The number of carbonyl (C=O) groups excluding carboxylic acids is 1. The van der Waals surface area contributed by atoms with E-state index in [0.29, 0.717) is 11.1 Å². The predicted octanol–water partition coefficient (Wildman–Crippen LogP) is 1.65. The number of hydrogen-bond acceptors (Lipinski definition) is 8. The molecule has 1 saturated heterocycles. The number of ether oxygens (including phenoxy) is 1. The standard InChI is InChI=1S/C31H45NO8.Ac/c1-15-19(25(40-38)16(2)23(32)18-10-8-7-9-11-18)13-31(37)17(3)26-29(6,20(33)12-21-30(26,36)14-39-21)27(35)24(34)22(15)28(31,4)5;/h7-11,16-17,19-21,23-26,33-34,36-38H,12-14,32H2,1-6H3;/p+1/t16?,17?,19?,20?,21?,23?,24?,25-,26?,29+,30?,31?;/m0./s1. The van der Waals surface area contributed by atoms with E-state index in [0.717, 1.165) is 5.56 Å². The van der Waals surface area contributed by atoms with E-state index in [4.69, 9.17) is 9.62 Å². The summed E-state index contributed by atoms with van der Waals surface area (Å²) in [6.45, 7) is 10.8. The van der Waals surface area contributed by atoms with E-state index in [1.165, 1.54) is 0 Å². The second-order valence-electron chi connectivity index (χ2n) is 13.8. The Labute approximate surface area is 278 Å². The number of fused-ring (bicyclic) bond motifs is 5. The van der Waals surface area contributed by atoms with Crippen LogP contribution in [0.2, 0.25) is 0 Å². The van der Waals surface area contributed by atoms with Crippen molar-refractivity contribution in [3.63, 3.8) is 0 Å². The third kappa shape index (κ3) is 4.54. The van der Waals surface area contributed by atoms with Gasteiger partial charge >= 0.3 is 0 Å². The van der Waals surface area contributed by atoms with Crippen molar-refractivity contribution in [2.24, 2.45) is 34.5 Å². The van der Waals surface area contributed by atoms with Gasteiger partial charge in [-0.05, 0) is 31.8 Å². The number of hydrogen-bond donors (Lipinski definition) is 6. The SMILES string of the molecule is CC1=C2C(O)C(=O)[C@]3(C)C(O)CC4OCC4(O)C3C(C)C(O)(CC1[C@@H](OO)C(C)C([NH3+])c1ccccc1)C2(C)C.[Ac]. The molecule has 225 valence electrons. The van der Waals surface area contributed by atoms with Gasteiger partial charge in [-0.1, -0.05) is 63.6 Å². The Morgan fingerprint density at radius 2 is 1.73 bits per heavy atom. The first-order valence-electron chi connectivity index (χ1n) is 14.4. The van der Waals surface area contributed by atoms with Crippen LogP contribution in [0.3, 0.4) is 0 Å². The molecule has 41 heavy (non-hydrogen) atoms. The van der Waals surface area contributed by atoms with Crippen LogP contribution in [0.1, 0.15) is 66.0 Å². The fourth-order valence-corrected chi connectivity index (χ4v) is 9.19. The molecule has 3 aliphatic carbocycles. The maximum absolute atomic E-state index is 14.3. The van der Waals surface area contributed by atoms with Crippen LogP contribution in [0.4, 0.5) is 0 Å². The van der Waals surface area contributed by atoms with Crippen LogP contribution in [0.25, 0.3) is 0 Å². The summed E-state index contributed by atoms with van der Waals surface area (Å²) in [5.41, 5.74) is 0.795. The van der Waals surface area contributed by atoms with E-state index in [9.17, 15) is 30.5 Å². The molecule has 0 amide bonds. The van der Waals surface area contributed by atoms with E-state index in [2.05, 4.69) is 5.73 Å². The van der Waals surface area contributed by atoms with Crippen LogP contribution < -0.4 is 5.73 Å². The number of aliphatic hydroxyl groups is 4. The van der Waals surface area contributed by atoms with E-state index in [1.54, 1.807) is 6.92 Å². The van der Waals surface area contributed by atoms with E-state index < -0.39 is 70.0 Å². The van der Waals surface area contributed by atoms with Crippen LogP contribution in [0, 0.1) is 78.6 Å². The number of quaternary nitrogens is 1. The average Bonchev–Trinajstić information content (AvgIpc) is 2.92. The molecule has 4 aliphatic rings. The van der Waals surface area contributed by atoms with E-state index in [-0.39, 0.29) is 75.5 Å². The molecule has 8 N–H and O–H groups in total. The van der Waals surface area contributed by atoms with Gasteiger partial charge in [-0.2, -0.15) is 0 Å². The van der Waals surface area contributed by atoms with Crippen LogP contribution in [0.5, 0.6) is 0 Å². The summed E-state index contributed by atoms with van der Waals surface area (Å²) in [6.07, 6.45) is -4.04. The normalized spacial score (nSPS) is 43.8. The molecule has 0 spiro atoms. The summed E-state index contributed by atoms with van der Waals surface area (Å²) in [5.74, 6) is -3.02. The summed E-state index contributed by atoms with van der Waals surface area (Å²) in [6, 6.07) is 9.45. The van der Waals surface area contributed by atoms with Gasteiger partial charge in [0, 0.05) is 79.2 Å². The molecule has 5 rings (SSSR count). The maximum atomic E-state index is 14.3. The molecule has 3 fully saturated rings. The molecule has 2 saturated carbocycles. The predicted molar refractivity (Wildman–Crippen MR) is 145 cm³/mol. The van der Waals surface area contributed by atoms with Crippen LogP contribution in [-0.4, -0.2) is 73.7 Å². The molecule has 9 nitrogen and oxygen atoms in total. The van der Waals surface area contributed by atoms with Gasteiger partial charge in [0.05, 0.1) is 29.8 Å². The zero-order valence-corrected chi connectivity index (χ0v) is 29.7. The number of Topliss-reactive ketones (excluding diaryl/α,β-unsaturated/α-hetero) is 1. The van der Waals surface area contributed by atoms with Gasteiger partial charge in [0.15, 0.2) is 5.78 Å². The second kappa shape index (κ2) is 11.3. The van der Waals surface area contributed by atoms with Crippen LogP contribution in [0.15, 0.2) is 41.5 Å². The first-order chi connectivity index (χ1) is 18.6. The number of aliphatic hydroxyl groups excluding tert-OH is 2. The Kier molecular flexibility index (Phi) is 9.25. The number of carbonyl (C=O) groups is 1. The Morgan fingerprint density at radius 3 is 2.27 bits per heavy atom. The van der Waals surface area contributed by atoms with Gasteiger partial charge < -0.3 is 30.9 Å². The smallest absolute Gasteiger partial charge is 0.174 e. The van der Waals surface area contributed by atoms with Crippen molar-refractivity contribution < 1.29 is 89.9 Å². The minimum Gasteiger partial charge on any atom is -0.392 e. The van der Waals surface area contributed by atoms with Crippen molar-refractivity contribution in [3.05, 3.63) is 47.0 Å². The minimum atomic E-state index is -1.63. The first-order valence-corrected chi connectivity index (χ1v) is 14.4. The molecular weight excluding hydrogens is 741 g/mol. The Balaban J connectivity index is 0.00000387. The molecule has 1 heterocycles. The summed E-state index contributed by atoms with van der Waals surface area (Å²) < 4.78 is 5.63. The summed E-state index contributed by atoms with van der Waals surface area (Å²) in [7, 11) is 0. The number of rotatable bonds is 5. The molecule has 10 unspecified atom stereocenters. The van der Waals surface area contributed by atoms with Gasteiger partial charge in [-0.3, -0.25) is 10.1 Å². The summed E-state index contributed by atoms with van der Waals surface area (Å²) >= 11 is 0. The summed E-state index contributed by atoms with van der Waals surface area (Å²) in [5, 5.41) is 58.1. The molecule has 0 aromatic heterocycles. The zero-order valence-electron chi connectivity index (χ0n) is 24.9. The molecule has 2 bridgehead atoms. The first kappa shape index (κ1) is 33.6. The third-order valence-electron chi connectivity index (χ3n) is 11.9. The average molecular weight is 788 g/mol. The van der Waals surface area contributed by atoms with E-state index >= 15 is 0 Å². The van der Waals surface area contributed by atoms with Gasteiger partial charge in [0.1, 0.15) is 23.9 Å². The maximum Gasteiger partial charge on any atom is 0.174 e. The molecule has 12 atom stereocenters. The van der Waals surface area contributed by atoms with Gasteiger partial charge in [0.25, 0.3) is 0 Å². The largest absolute Gasteiger partial charge is 0.392 e. The van der Waals surface area contributed by atoms with Crippen molar-refractivity contribution in [2.45, 2.75) is 96.0 Å². The second-order valence-corrected chi connectivity index (χ2v) is 13.8. The van der Waals surface area contributed by atoms with Crippen LogP contribution in [-0.2, 0) is 14.4 Å². The molecule has 1 aromatic rings. The third-order valence-corrected chi connectivity index (χ3v) is 11.9. The van der Waals surface area contributed by atoms with Crippen molar-refractivity contribution in [2.75, 3.05) is 6.61 Å². The number of benzene rings is 1. The monoisotopic (exact) mass is 787 g/mol. The van der Waals surface area contributed by atoms with E-state index in [1.807, 2.05) is 65.0 Å². The molecular formula is C31H46AcNO8+. The zero-order chi connectivity index (χ0) is 29.6. The topological polar surface area (TPSA) is 164 Å². The van der Waals surface area contributed by atoms with Crippen molar-refractivity contribution in [1.29, 1.82) is 0 Å². The summed E-state index contributed by atoms with van der Waals surface area (Å²) in [4.78, 5) is 19.4. The Hall–Kier alpha value is -0.248. The quantitative estimate of drug-likeness (QED) is 0.149. The number of ketones is 1. The van der Waals surface area contributed by atoms with Gasteiger partial charge in [-0.25, -0.2) is 4.89 Å². The van der Waals surface area contributed by atoms with Gasteiger partial charge in [0.2, 0.25) is 0 Å². The molecule has 1 aliphatic heterocycles. The van der Waals surface area contributed by atoms with Crippen molar-refractivity contribution in [3.8, 4) is 0 Å². The van der Waals surface area contributed by atoms with Gasteiger partial charge in [-0.15, -0.1) is 0 Å². The molecule has 1 radical (unpaired) electrons. The van der Waals surface area contributed by atoms with Crippen molar-refractivity contribution in [1.82, 2.24) is 0 Å². The molecule has 1 aromatic carbocycles. The Bertz CT molecular complexity index is 1190. The minimum absolute atomic E-state index is 0. The fraction of sp³-hybridized carbons (Fsp3) is 0.710. The van der Waals surface area contributed by atoms with Crippen molar-refractivity contribution >= 4 is 5.78 Å².